The van der Waals surface area contributed by atoms with Crippen LogP contribution in [0.3, 0.4) is 0 Å². The molecule has 0 aliphatic heterocycles. The lowest BCUT2D eigenvalue weighted by atomic mass is 9.83. The monoisotopic (exact) mass is 560 g/mol. The third-order valence-corrected chi connectivity index (χ3v) is 7.11. The van der Waals surface area contributed by atoms with Gasteiger partial charge in [0.25, 0.3) is 0 Å². The Labute approximate surface area is 237 Å². The van der Waals surface area contributed by atoms with Crippen molar-refractivity contribution in [1.29, 1.82) is 0 Å². The van der Waals surface area contributed by atoms with Crippen molar-refractivity contribution in [3.8, 4) is 5.75 Å². The zero-order chi connectivity index (χ0) is 28.3. The van der Waals surface area contributed by atoms with Crippen molar-refractivity contribution in [2.75, 3.05) is 33.6 Å². The van der Waals surface area contributed by atoms with Gasteiger partial charge in [0.2, 0.25) is 5.91 Å². The first-order chi connectivity index (χ1) is 18.9. The van der Waals surface area contributed by atoms with Crippen LogP contribution in [-0.2, 0) is 31.9 Å². The summed E-state index contributed by atoms with van der Waals surface area (Å²) in [5.41, 5.74) is 2.60. The van der Waals surface area contributed by atoms with E-state index in [4.69, 9.17) is 14.2 Å². The number of rotatable bonds is 10. The van der Waals surface area contributed by atoms with Gasteiger partial charge in [-0.1, -0.05) is 55.3 Å². The average Bonchev–Trinajstić information content (AvgIpc) is 3.49. The van der Waals surface area contributed by atoms with Gasteiger partial charge in [-0.25, -0.2) is 4.21 Å². The zero-order valence-corrected chi connectivity index (χ0v) is 24.8. The van der Waals surface area contributed by atoms with Crippen LogP contribution in [0, 0.1) is 5.92 Å². The summed E-state index contributed by atoms with van der Waals surface area (Å²) in [5, 5.41) is 7.64. The smallest absolute Gasteiger partial charge is 0.223 e. The fourth-order valence-electron chi connectivity index (χ4n) is 5.04. The second-order valence-corrected chi connectivity index (χ2v) is 11.2. The number of amides is 1. The summed E-state index contributed by atoms with van der Waals surface area (Å²) in [7, 11) is 2.41. The molecule has 0 heterocycles. The number of benzene rings is 2. The summed E-state index contributed by atoms with van der Waals surface area (Å²) in [4.78, 5) is 12.0. The molecule has 2 saturated carbocycles. The molecule has 39 heavy (non-hydrogen) atoms. The zero-order valence-electron chi connectivity index (χ0n) is 23.9. The molecule has 1 unspecified atom stereocenters. The topological polar surface area (TPSA) is 99.9 Å². The normalized spacial score (nSPS) is 19.6. The minimum absolute atomic E-state index is 0.233. The van der Waals surface area contributed by atoms with E-state index in [2.05, 4.69) is 28.7 Å². The van der Waals surface area contributed by atoms with Gasteiger partial charge in [0.1, 0.15) is 5.75 Å². The maximum atomic E-state index is 12.0. The van der Waals surface area contributed by atoms with Crippen LogP contribution in [0.15, 0.2) is 54.6 Å². The molecule has 2 aliphatic rings. The number of carbonyl (C=O) groups excluding carboxylic acids is 1. The quantitative estimate of drug-likeness (QED) is 0.374. The molecule has 2 aromatic rings. The highest BCUT2D eigenvalue weighted by molar-refractivity contribution is 7.81. The second kappa shape index (κ2) is 19.7. The SMILES string of the molecule is COC1CCC(c2cccc(OCCCNC(=O)C3CCCC3)c2)CC1.COCc1ccccc1.CS(N)=O. The molecule has 0 spiro atoms. The minimum Gasteiger partial charge on any atom is -0.494 e. The molecular weight excluding hydrogens is 512 g/mol. The van der Waals surface area contributed by atoms with Gasteiger partial charge < -0.3 is 19.5 Å². The third-order valence-electron chi connectivity index (χ3n) is 7.11. The van der Waals surface area contributed by atoms with E-state index >= 15 is 0 Å². The van der Waals surface area contributed by atoms with E-state index < -0.39 is 11.0 Å². The highest BCUT2D eigenvalue weighted by Crippen LogP contribution is 2.35. The molecule has 8 heteroatoms. The van der Waals surface area contributed by atoms with Crippen LogP contribution in [0.4, 0.5) is 0 Å². The lowest BCUT2D eigenvalue weighted by molar-refractivity contribution is -0.124. The van der Waals surface area contributed by atoms with Gasteiger partial charge in [0.15, 0.2) is 0 Å². The van der Waals surface area contributed by atoms with Gasteiger partial charge in [-0.15, -0.1) is 0 Å². The molecule has 2 aliphatic carbocycles. The maximum Gasteiger partial charge on any atom is 0.223 e. The largest absolute Gasteiger partial charge is 0.494 e. The Hall–Kier alpha value is -2.26. The Balaban J connectivity index is 0.000000339. The number of hydrogen-bond acceptors (Lipinski definition) is 5. The molecule has 0 radical (unpaired) electrons. The van der Waals surface area contributed by atoms with E-state index in [0.29, 0.717) is 31.8 Å². The summed E-state index contributed by atoms with van der Waals surface area (Å²) in [6.07, 6.45) is 11.9. The number of nitrogens with one attached hydrogen (secondary N) is 1. The van der Waals surface area contributed by atoms with Crippen molar-refractivity contribution in [1.82, 2.24) is 5.32 Å². The molecule has 3 N–H and O–H groups in total. The van der Waals surface area contributed by atoms with Crippen molar-refractivity contribution in [2.45, 2.75) is 76.4 Å². The second-order valence-electron chi connectivity index (χ2n) is 10.2. The Morgan fingerprint density at radius 2 is 1.64 bits per heavy atom. The fraction of sp³-hybridized carbons (Fsp3) is 0.581. The van der Waals surface area contributed by atoms with Crippen LogP contribution >= 0.6 is 0 Å². The van der Waals surface area contributed by atoms with Crippen molar-refractivity contribution in [3.05, 3.63) is 65.7 Å². The molecule has 0 aromatic heterocycles. The van der Waals surface area contributed by atoms with Gasteiger partial charge in [-0.3, -0.25) is 9.93 Å². The third kappa shape index (κ3) is 14.1. The summed E-state index contributed by atoms with van der Waals surface area (Å²) in [6, 6.07) is 18.6. The van der Waals surface area contributed by atoms with Gasteiger partial charge in [0.05, 0.1) is 30.3 Å². The molecule has 7 nitrogen and oxygen atoms in total. The first-order valence-electron chi connectivity index (χ1n) is 14.1. The number of nitrogens with two attached hydrogens (primary N) is 1. The molecule has 0 bridgehead atoms. The van der Waals surface area contributed by atoms with E-state index in [0.717, 1.165) is 37.9 Å². The number of hydrogen-bond donors (Lipinski definition) is 2. The minimum atomic E-state index is -1.11. The highest BCUT2D eigenvalue weighted by Gasteiger charge is 2.23. The molecular formula is C31H48N2O5S. The van der Waals surface area contributed by atoms with E-state index in [1.54, 1.807) is 7.11 Å². The van der Waals surface area contributed by atoms with Crippen molar-refractivity contribution >= 4 is 16.9 Å². The maximum absolute atomic E-state index is 12.0. The molecule has 218 valence electrons. The van der Waals surface area contributed by atoms with Gasteiger partial charge >= 0.3 is 0 Å². The fourth-order valence-corrected chi connectivity index (χ4v) is 5.04. The molecule has 1 amide bonds. The van der Waals surface area contributed by atoms with Crippen molar-refractivity contribution in [2.24, 2.45) is 11.1 Å². The standard InChI is InChI=1S/C22H33NO3.C8H10O.CH5NOS/c1-25-20-12-10-17(11-13-20)19-8-4-9-21(16-19)26-15-5-14-23-22(24)18-6-2-3-7-18;1-9-7-8-5-3-2-4-6-8;1-4(2)3/h4,8-9,16-18,20H,2-3,5-7,10-15H2,1H3,(H,23,24);2-6H,7H2,1H3;2H2,1H3. The predicted molar refractivity (Wildman–Crippen MR) is 159 cm³/mol. The van der Waals surface area contributed by atoms with Crippen LogP contribution in [0.1, 0.15) is 74.8 Å². The first kappa shape index (κ1) is 32.9. The van der Waals surface area contributed by atoms with E-state index in [9.17, 15) is 9.00 Å². The van der Waals surface area contributed by atoms with Crippen LogP contribution in [0.2, 0.25) is 0 Å². The molecule has 4 rings (SSSR count). The van der Waals surface area contributed by atoms with Crippen molar-refractivity contribution in [3.63, 3.8) is 0 Å². The Morgan fingerprint density at radius 1 is 0.974 bits per heavy atom. The van der Waals surface area contributed by atoms with Crippen LogP contribution < -0.4 is 15.2 Å². The summed E-state index contributed by atoms with van der Waals surface area (Å²) in [5.74, 6) is 2.05. The number of ether oxygens (including phenoxy) is 3. The average molecular weight is 561 g/mol. The lowest BCUT2D eigenvalue weighted by Gasteiger charge is -2.28. The van der Waals surface area contributed by atoms with Gasteiger partial charge in [-0.05, 0) is 74.1 Å². The Morgan fingerprint density at radius 3 is 2.26 bits per heavy atom. The molecule has 1 atom stereocenters. The van der Waals surface area contributed by atoms with Crippen LogP contribution in [0.5, 0.6) is 5.75 Å². The molecule has 0 saturated heterocycles. The Kier molecular flexibility index (Phi) is 16.7. The van der Waals surface area contributed by atoms with Gasteiger partial charge in [0, 0.05) is 32.9 Å². The Bertz CT molecular complexity index is 941. The van der Waals surface area contributed by atoms with Gasteiger partial charge in [-0.2, -0.15) is 0 Å². The summed E-state index contributed by atoms with van der Waals surface area (Å²) >= 11 is 0. The van der Waals surface area contributed by atoms with E-state index in [1.165, 1.54) is 43.1 Å². The first-order valence-corrected chi connectivity index (χ1v) is 15.7. The predicted octanol–water partition coefficient (Wildman–Crippen LogP) is 5.51. The summed E-state index contributed by atoms with van der Waals surface area (Å²) in [6.45, 7) is 2.06. The highest BCUT2D eigenvalue weighted by atomic mass is 32.2. The molecule has 2 fully saturated rings. The van der Waals surface area contributed by atoms with E-state index in [-0.39, 0.29) is 11.8 Å². The number of carbonyl (C=O) groups is 1. The van der Waals surface area contributed by atoms with Crippen LogP contribution in [0.25, 0.3) is 0 Å². The van der Waals surface area contributed by atoms with Crippen LogP contribution in [-0.4, -0.2) is 49.8 Å². The van der Waals surface area contributed by atoms with E-state index in [1.807, 2.05) is 43.5 Å². The number of methoxy groups -OCH3 is 2. The summed E-state index contributed by atoms with van der Waals surface area (Å²) < 4.78 is 25.6. The van der Waals surface area contributed by atoms with Crippen molar-refractivity contribution < 1.29 is 23.2 Å². The lowest BCUT2D eigenvalue weighted by Crippen LogP contribution is -2.30. The molecule has 2 aromatic carbocycles.